The fraction of sp³-hybridized carbons (Fsp3) is 0.652. The van der Waals surface area contributed by atoms with E-state index in [0.29, 0.717) is 13.0 Å². The number of methoxy groups -OCH3 is 1. The third-order valence-electron chi connectivity index (χ3n) is 5.35. The summed E-state index contributed by atoms with van der Waals surface area (Å²) in [5.41, 5.74) is 0.895. The molecule has 0 unspecified atom stereocenters. The average Bonchev–Trinajstić information content (AvgIpc) is 2.71. The van der Waals surface area contributed by atoms with Crippen molar-refractivity contribution in [1.29, 1.82) is 0 Å². The molecule has 1 aromatic carbocycles. The van der Waals surface area contributed by atoms with Gasteiger partial charge in [0.05, 0.1) is 19.8 Å². The van der Waals surface area contributed by atoms with Crippen LogP contribution in [0.15, 0.2) is 24.3 Å². The van der Waals surface area contributed by atoms with Crippen LogP contribution < -0.4 is 4.74 Å². The van der Waals surface area contributed by atoms with Crippen LogP contribution in [0, 0.1) is 23.7 Å². The lowest BCUT2D eigenvalue weighted by Gasteiger charge is -2.41. The number of hydrogen-bond acceptors (Lipinski definition) is 6. The number of carbonyl (C=O) groups is 2. The number of rotatable bonds is 9. The van der Waals surface area contributed by atoms with E-state index in [-0.39, 0.29) is 29.8 Å². The lowest BCUT2D eigenvalue weighted by molar-refractivity contribution is -0.258. The summed E-state index contributed by atoms with van der Waals surface area (Å²) in [6.45, 7) is 10.3. The molecule has 1 aliphatic rings. The predicted octanol–water partition coefficient (Wildman–Crippen LogP) is 4.17. The minimum atomic E-state index is -0.541. The Labute approximate surface area is 173 Å². The molecule has 29 heavy (non-hydrogen) atoms. The third-order valence-corrected chi connectivity index (χ3v) is 5.35. The van der Waals surface area contributed by atoms with Crippen molar-refractivity contribution in [2.24, 2.45) is 23.7 Å². The number of carbonyl (C=O) groups excluding carboxylic acids is 2. The van der Waals surface area contributed by atoms with Gasteiger partial charge in [-0.25, -0.2) is 0 Å². The van der Waals surface area contributed by atoms with Gasteiger partial charge >= 0.3 is 5.97 Å². The van der Waals surface area contributed by atoms with Crippen molar-refractivity contribution in [3.05, 3.63) is 29.8 Å². The summed E-state index contributed by atoms with van der Waals surface area (Å²) in [7, 11) is 1.62. The van der Waals surface area contributed by atoms with Crippen LogP contribution in [-0.4, -0.2) is 38.2 Å². The summed E-state index contributed by atoms with van der Waals surface area (Å²) in [6.07, 6.45) is -0.0959. The Morgan fingerprint density at radius 2 is 1.86 bits per heavy atom. The van der Waals surface area contributed by atoms with Crippen molar-refractivity contribution < 1.29 is 28.5 Å². The number of ether oxygens (including phenoxy) is 4. The van der Waals surface area contributed by atoms with Crippen LogP contribution in [0.3, 0.4) is 0 Å². The molecule has 0 aromatic heterocycles. The zero-order valence-electron chi connectivity index (χ0n) is 18.3. The highest BCUT2D eigenvalue weighted by atomic mass is 16.7. The first-order valence-corrected chi connectivity index (χ1v) is 10.3. The molecular formula is C23H34O6. The maximum absolute atomic E-state index is 12.3. The normalized spacial score (nSPS) is 25.1. The molecule has 6 nitrogen and oxygen atoms in total. The number of benzene rings is 1. The van der Waals surface area contributed by atoms with Gasteiger partial charge in [-0.05, 0) is 18.1 Å². The van der Waals surface area contributed by atoms with Crippen molar-refractivity contribution >= 4 is 12.3 Å². The fourth-order valence-corrected chi connectivity index (χ4v) is 3.72. The molecule has 6 heteroatoms. The largest absolute Gasteiger partial charge is 0.497 e. The first-order chi connectivity index (χ1) is 13.8. The minimum Gasteiger partial charge on any atom is -0.497 e. The predicted molar refractivity (Wildman–Crippen MR) is 109 cm³/mol. The first kappa shape index (κ1) is 23.4. The van der Waals surface area contributed by atoms with Crippen LogP contribution >= 0.6 is 0 Å². The zero-order valence-corrected chi connectivity index (χ0v) is 18.3. The molecule has 1 aromatic rings. The molecule has 1 fully saturated rings. The SMILES string of the molecule is COc1ccc([C@@H]2OC[C@@H](C)[C@H]([C@H](C)[C@@H](OC(=O)CC(C)C)[C@@H](C)C=O)O2)cc1. The molecule has 0 bridgehead atoms. The molecule has 0 amide bonds. The van der Waals surface area contributed by atoms with Gasteiger partial charge in [-0.2, -0.15) is 0 Å². The molecule has 0 radical (unpaired) electrons. The van der Waals surface area contributed by atoms with Gasteiger partial charge in [0.1, 0.15) is 18.1 Å². The van der Waals surface area contributed by atoms with Crippen molar-refractivity contribution in [3.63, 3.8) is 0 Å². The van der Waals surface area contributed by atoms with E-state index in [4.69, 9.17) is 18.9 Å². The Morgan fingerprint density at radius 3 is 2.41 bits per heavy atom. The topological polar surface area (TPSA) is 71.1 Å². The van der Waals surface area contributed by atoms with E-state index in [2.05, 4.69) is 0 Å². The van der Waals surface area contributed by atoms with Gasteiger partial charge in [0.25, 0.3) is 0 Å². The Morgan fingerprint density at radius 1 is 1.21 bits per heavy atom. The summed E-state index contributed by atoms with van der Waals surface area (Å²) in [5, 5.41) is 0. The maximum atomic E-state index is 12.3. The summed E-state index contributed by atoms with van der Waals surface area (Å²) in [5.74, 6) is 0.203. The van der Waals surface area contributed by atoms with Crippen molar-refractivity contribution in [3.8, 4) is 5.75 Å². The lowest BCUT2D eigenvalue weighted by Crippen LogP contribution is -2.46. The van der Waals surface area contributed by atoms with E-state index < -0.39 is 18.3 Å². The van der Waals surface area contributed by atoms with Crippen LogP contribution in [0.5, 0.6) is 5.75 Å². The van der Waals surface area contributed by atoms with E-state index in [9.17, 15) is 9.59 Å². The second-order valence-electron chi connectivity index (χ2n) is 8.42. The highest BCUT2D eigenvalue weighted by Gasteiger charge is 2.40. The van der Waals surface area contributed by atoms with Gasteiger partial charge in [-0.15, -0.1) is 0 Å². The van der Waals surface area contributed by atoms with E-state index in [0.717, 1.165) is 17.6 Å². The van der Waals surface area contributed by atoms with Crippen LogP contribution in [-0.2, 0) is 23.8 Å². The molecule has 1 aliphatic heterocycles. The Hall–Kier alpha value is -1.92. The summed E-state index contributed by atoms with van der Waals surface area (Å²) in [6, 6.07) is 7.55. The first-order valence-electron chi connectivity index (χ1n) is 10.3. The molecule has 0 saturated carbocycles. The van der Waals surface area contributed by atoms with Gasteiger partial charge < -0.3 is 23.7 Å². The monoisotopic (exact) mass is 406 g/mol. The summed E-state index contributed by atoms with van der Waals surface area (Å²) >= 11 is 0. The molecule has 0 aliphatic carbocycles. The molecule has 1 saturated heterocycles. The van der Waals surface area contributed by atoms with Crippen LogP contribution in [0.25, 0.3) is 0 Å². The van der Waals surface area contributed by atoms with Crippen LogP contribution in [0.1, 0.15) is 52.9 Å². The van der Waals surface area contributed by atoms with E-state index >= 15 is 0 Å². The standard InChI is InChI=1S/C23H34O6/c1-14(2)11-20(25)28-21(15(3)12-24)17(5)22-16(4)13-27-23(29-22)18-7-9-19(26-6)10-8-18/h7-10,12,14-17,21-23H,11,13H2,1-6H3/t15-,16+,17+,21-,22+,23+/m0/s1. The van der Waals surface area contributed by atoms with Crippen LogP contribution in [0.4, 0.5) is 0 Å². The van der Waals surface area contributed by atoms with Crippen molar-refractivity contribution in [2.75, 3.05) is 13.7 Å². The second-order valence-corrected chi connectivity index (χ2v) is 8.42. The lowest BCUT2D eigenvalue weighted by atomic mass is 9.84. The molecule has 0 N–H and O–H groups in total. The molecule has 1 heterocycles. The van der Waals surface area contributed by atoms with E-state index in [1.165, 1.54) is 0 Å². The Kier molecular flexibility index (Phi) is 8.65. The molecule has 6 atom stereocenters. The van der Waals surface area contributed by atoms with E-state index in [1.807, 2.05) is 52.0 Å². The highest BCUT2D eigenvalue weighted by Crippen LogP contribution is 2.36. The van der Waals surface area contributed by atoms with Gasteiger partial charge in [-0.1, -0.05) is 46.8 Å². The Bertz CT molecular complexity index is 656. The number of esters is 1. The third kappa shape index (κ3) is 6.28. The van der Waals surface area contributed by atoms with Gasteiger partial charge in [-0.3, -0.25) is 4.79 Å². The van der Waals surface area contributed by atoms with Crippen LogP contribution in [0.2, 0.25) is 0 Å². The quantitative estimate of drug-likeness (QED) is 0.453. The molecule has 2 rings (SSSR count). The minimum absolute atomic E-state index is 0.102. The van der Waals surface area contributed by atoms with Gasteiger partial charge in [0.15, 0.2) is 6.29 Å². The van der Waals surface area contributed by atoms with Gasteiger partial charge in [0.2, 0.25) is 0 Å². The summed E-state index contributed by atoms with van der Waals surface area (Å²) in [4.78, 5) is 23.8. The van der Waals surface area contributed by atoms with Crippen molar-refractivity contribution in [2.45, 2.75) is 59.5 Å². The molecule has 0 spiro atoms. The maximum Gasteiger partial charge on any atom is 0.306 e. The fourth-order valence-electron chi connectivity index (χ4n) is 3.72. The number of hydrogen-bond donors (Lipinski definition) is 0. The second kappa shape index (κ2) is 10.7. The smallest absolute Gasteiger partial charge is 0.306 e. The molecular weight excluding hydrogens is 372 g/mol. The Balaban J connectivity index is 2.15. The van der Waals surface area contributed by atoms with E-state index in [1.54, 1.807) is 14.0 Å². The number of aldehydes is 1. The van der Waals surface area contributed by atoms with Crippen molar-refractivity contribution in [1.82, 2.24) is 0 Å². The highest BCUT2D eigenvalue weighted by molar-refractivity contribution is 5.70. The van der Waals surface area contributed by atoms with Gasteiger partial charge in [0, 0.05) is 29.7 Å². The summed E-state index contributed by atoms with van der Waals surface area (Å²) < 4.78 is 23.1. The zero-order chi connectivity index (χ0) is 21.6. The average molecular weight is 407 g/mol. The molecule has 162 valence electrons.